The highest BCUT2D eigenvalue weighted by Gasteiger charge is 2.19. The Morgan fingerprint density at radius 1 is 1.21 bits per heavy atom. The molecule has 1 amide bonds. The quantitative estimate of drug-likeness (QED) is 0.821. The molecule has 0 aliphatic heterocycles. The minimum absolute atomic E-state index is 0.0734. The molecular weight excluding hydrogens is 236 g/mol. The van der Waals surface area contributed by atoms with E-state index < -0.39 is 0 Å². The summed E-state index contributed by atoms with van der Waals surface area (Å²) < 4.78 is 0. The first-order chi connectivity index (χ1) is 9.08. The maximum absolute atomic E-state index is 12.3. The number of amides is 1. The number of hydrogen-bond acceptors (Lipinski definition) is 2. The predicted molar refractivity (Wildman–Crippen MR) is 79.8 cm³/mol. The van der Waals surface area contributed by atoms with Gasteiger partial charge in [-0.2, -0.15) is 0 Å². The van der Waals surface area contributed by atoms with Gasteiger partial charge in [-0.3, -0.25) is 4.79 Å². The summed E-state index contributed by atoms with van der Waals surface area (Å²) in [7, 11) is 0. The first-order valence-corrected chi connectivity index (χ1v) is 7.18. The van der Waals surface area contributed by atoms with Crippen molar-refractivity contribution in [1.29, 1.82) is 0 Å². The van der Waals surface area contributed by atoms with E-state index in [2.05, 4.69) is 45.0 Å². The van der Waals surface area contributed by atoms with Crippen molar-refractivity contribution in [2.24, 2.45) is 5.73 Å². The van der Waals surface area contributed by atoms with Gasteiger partial charge < -0.3 is 10.6 Å². The van der Waals surface area contributed by atoms with E-state index in [1.165, 1.54) is 5.56 Å². The smallest absolute Gasteiger partial charge is 0.239 e. The molecule has 1 unspecified atom stereocenters. The fourth-order valence-corrected chi connectivity index (χ4v) is 2.12. The van der Waals surface area contributed by atoms with Crippen LogP contribution in [0.25, 0.3) is 0 Å². The molecule has 3 nitrogen and oxygen atoms in total. The van der Waals surface area contributed by atoms with Gasteiger partial charge in [-0.05, 0) is 25.3 Å². The van der Waals surface area contributed by atoms with Crippen LogP contribution in [-0.2, 0) is 11.3 Å². The van der Waals surface area contributed by atoms with Crippen LogP contribution in [0.5, 0.6) is 0 Å². The van der Waals surface area contributed by atoms with Gasteiger partial charge in [-0.25, -0.2) is 0 Å². The Morgan fingerprint density at radius 2 is 1.84 bits per heavy atom. The molecule has 2 N–H and O–H groups in total. The van der Waals surface area contributed by atoms with Crippen molar-refractivity contribution in [3.8, 4) is 0 Å². The highest BCUT2D eigenvalue weighted by Crippen LogP contribution is 2.10. The molecule has 0 bridgehead atoms. The summed E-state index contributed by atoms with van der Waals surface area (Å²) in [6, 6.07) is 7.96. The monoisotopic (exact) mass is 262 g/mol. The summed E-state index contributed by atoms with van der Waals surface area (Å²) in [5.74, 6) is 0.0734. The number of nitrogens with two attached hydrogens (primary N) is 1. The lowest BCUT2D eigenvalue weighted by atomic mass is 10.1. The number of aryl methyl sites for hydroxylation is 1. The van der Waals surface area contributed by atoms with Crippen LogP contribution in [0.4, 0.5) is 0 Å². The van der Waals surface area contributed by atoms with Crippen LogP contribution in [0.15, 0.2) is 24.3 Å². The average Bonchev–Trinajstić information content (AvgIpc) is 2.40. The topological polar surface area (TPSA) is 46.3 Å². The molecule has 3 heteroatoms. The van der Waals surface area contributed by atoms with Gasteiger partial charge in [0.15, 0.2) is 0 Å². The largest absolute Gasteiger partial charge is 0.337 e. The number of benzene rings is 1. The van der Waals surface area contributed by atoms with Crippen LogP contribution in [0.3, 0.4) is 0 Å². The normalized spacial score (nSPS) is 12.2. The summed E-state index contributed by atoms with van der Waals surface area (Å²) in [6.45, 7) is 7.63. The molecule has 1 aromatic rings. The van der Waals surface area contributed by atoms with Gasteiger partial charge in [0.25, 0.3) is 0 Å². The molecule has 0 aromatic heterocycles. The molecule has 0 radical (unpaired) electrons. The fourth-order valence-electron chi connectivity index (χ4n) is 2.12. The number of carbonyl (C=O) groups is 1. The minimum atomic E-state index is -0.359. The molecule has 0 aliphatic carbocycles. The third kappa shape index (κ3) is 5.03. The molecule has 0 saturated heterocycles. The van der Waals surface area contributed by atoms with Crippen LogP contribution in [0, 0.1) is 6.92 Å². The third-order valence-electron chi connectivity index (χ3n) is 3.22. The predicted octanol–water partition coefficient (Wildman–Crippen LogP) is 2.86. The first kappa shape index (κ1) is 15.7. The SMILES string of the molecule is CCCC(N)C(=O)N(CCC)Cc1ccc(C)cc1. The molecule has 106 valence electrons. The lowest BCUT2D eigenvalue weighted by Gasteiger charge is -2.25. The molecule has 0 heterocycles. The Kier molecular flexibility index (Phi) is 6.57. The van der Waals surface area contributed by atoms with E-state index in [9.17, 15) is 4.79 Å². The molecule has 1 rings (SSSR count). The zero-order valence-corrected chi connectivity index (χ0v) is 12.4. The van der Waals surface area contributed by atoms with E-state index in [1.807, 2.05) is 4.90 Å². The molecule has 0 saturated carbocycles. The number of hydrogen-bond donors (Lipinski definition) is 1. The molecule has 1 aromatic carbocycles. The molecule has 1 atom stereocenters. The van der Waals surface area contributed by atoms with Crippen molar-refractivity contribution in [2.75, 3.05) is 6.54 Å². The lowest BCUT2D eigenvalue weighted by molar-refractivity contribution is -0.133. The Morgan fingerprint density at radius 3 is 2.37 bits per heavy atom. The third-order valence-corrected chi connectivity index (χ3v) is 3.22. The number of rotatable bonds is 7. The summed E-state index contributed by atoms with van der Waals surface area (Å²) in [6.07, 6.45) is 2.65. The van der Waals surface area contributed by atoms with E-state index in [-0.39, 0.29) is 11.9 Å². The average molecular weight is 262 g/mol. The van der Waals surface area contributed by atoms with E-state index in [1.54, 1.807) is 0 Å². The van der Waals surface area contributed by atoms with Gasteiger partial charge in [0, 0.05) is 13.1 Å². The van der Waals surface area contributed by atoms with E-state index >= 15 is 0 Å². The van der Waals surface area contributed by atoms with Gasteiger partial charge in [-0.1, -0.05) is 50.1 Å². The Hall–Kier alpha value is -1.35. The lowest BCUT2D eigenvalue weighted by Crippen LogP contribution is -2.43. The van der Waals surface area contributed by atoms with Gasteiger partial charge in [0.05, 0.1) is 6.04 Å². The van der Waals surface area contributed by atoms with Crippen LogP contribution in [0.2, 0.25) is 0 Å². The fraction of sp³-hybridized carbons (Fsp3) is 0.562. The van der Waals surface area contributed by atoms with Crippen molar-refractivity contribution in [2.45, 2.75) is 52.6 Å². The van der Waals surface area contributed by atoms with E-state index in [0.717, 1.165) is 31.4 Å². The standard InChI is InChI=1S/C16H26N2O/c1-4-6-15(17)16(19)18(11-5-2)12-14-9-7-13(3)8-10-14/h7-10,15H,4-6,11-12,17H2,1-3H3. The first-order valence-electron chi connectivity index (χ1n) is 7.18. The minimum Gasteiger partial charge on any atom is -0.337 e. The van der Waals surface area contributed by atoms with E-state index in [4.69, 9.17) is 5.73 Å². The zero-order valence-electron chi connectivity index (χ0n) is 12.4. The van der Waals surface area contributed by atoms with Crippen LogP contribution >= 0.6 is 0 Å². The van der Waals surface area contributed by atoms with Gasteiger partial charge in [0.1, 0.15) is 0 Å². The number of carbonyl (C=O) groups excluding carboxylic acids is 1. The van der Waals surface area contributed by atoms with Gasteiger partial charge in [0.2, 0.25) is 5.91 Å². The highest BCUT2D eigenvalue weighted by atomic mass is 16.2. The van der Waals surface area contributed by atoms with Crippen LogP contribution in [-0.4, -0.2) is 23.4 Å². The van der Waals surface area contributed by atoms with Crippen molar-refractivity contribution in [3.63, 3.8) is 0 Å². The molecule has 0 aliphatic rings. The maximum atomic E-state index is 12.3. The molecule has 0 fully saturated rings. The van der Waals surface area contributed by atoms with Crippen molar-refractivity contribution in [1.82, 2.24) is 4.90 Å². The molecule has 0 spiro atoms. The van der Waals surface area contributed by atoms with Gasteiger partial charge >= 0.3 is 0 Å². The summed E-state index contributed by atoms with van der Waals surface area (Å²) in [5.41, 5.74) is 8.34. The Balaban J connectivity index is 2.71. The van der Waals surface area contributed by atoms with Crippen LogP contribution < -0.4 is 5.73 Å². The number of nitrogens with zero attached hydrogens (tertiary/aromatic N) is 1. The van der Waals surface area contributed by atoms with Crippen molar-refractivity contribution < 1.29 is 4.79 Å². The molecular formula is C16H26N2O. The van der Waals surface area contributed by atoms with Gasteiger partial charge in [-0.15, -0.1) is 0 Å². The van der Waals surface area contributed by atoms with Crippen molar-refractivity contribution >= 4 is 5.91 Å². The summed E-state index contributed by atoms with van der Waals surface area (Å²) in [5, 5.41) is 0. The van der Waals surface area contributed by atoms with Crippen molar-refractivity contribution in [3.05, 3.63) is 35.4 Å². The Labute approximate surface area is 116 Å². The van der Waals surface area contributed by atoms with E-state index in [0.29, 0.717) is 6.54 Å². The zero-order chi connectivity index (χ0) is 14.3. The summed E-state index contributed by atoms with van der Waals surface area (Å²) in [4.78, 5) is 14.2. The highest BCUT2D eigenvalue weighted by molar-refractivity contribution is 5.81. The summed E-state index contributed by atoms with van der Waals surface area (Å²) >= 11 is 0. The second-order valence-electron chi connectivity index (χ2n) is 5.14. The maximum Gasteiger partial charge on any atom is 0.239 e. The second kappa shape index (κ2) is 7.95. The van der Waals surface area contributed by atoms with Crippen LogP contribution in [0.1, 0.15) is 44.2 Å². The Bertz CT molecular complexity index is 386. The second-order valence-corrected chi connectivity index (χ2v) is 5.14. The molecule has 19 heavy (non-hydrogen) atoms.